The molecule has 0 atom stereocenters. The van der Waals surface area contributed by atoms with Gasteiger partial charge in [-0.25, -0.2) is 0 Å². The van der Waals surface area contributed by atoms with Crippen molar-refractivity contribution in [3.05, 3.63) is 125 Å². The van der Waals surface area contributed by atoms with E-state index in [1.807, 2.05) is 92.7 Å². The Balaban J connectivity index is 1.81. The molecule has 0 saturated heterocycles. The van der Waals surface area contributed by atoms with Gasteiger partial charge in [-0.3, -0.25) is 4.79 Å². The number of aryl methyl sites for hydroxylation is 2. The van der Waals surface area contributed by atoms with Crippen LogP contribution in [0.2, 0.25) is 0 Å². The molecule has 0 unspecified atom stereocenters. The number of carbonyl (C=O) groups excluding carboxylic acids is 1. The number of amidine groups is 1. The summed E-state index contributed by atoms with van der Waals surface area (Å²) in [4.78, 5) is 15.3. The Labute approximate surface area is 223 Å². The molecule has 0 aliphatic carbocycles. The first kappa shape index (κ1) is 25.2. The van der Waals surface area contributed by atoms with Crippen molar-refractivity contribution >= 4 is 44.3 Å². The van der Waals surface area contributed by atoms with Crippen molar-refractivity contribution in [2.75, 3.05) is 17.3 Å². The van der Waals surface area contributed by atoms with E-state index in [4.69, 9.17) is 0 Å². The molecule has 0 radical (unpaired) electrons. The molecular formula is C31H27N3O3S. The molecule has 1 heterocycles. The van der Waals surface area contributed by atoms with Crippen LogP contribution >= 0.6 is 0 Å². The number of amides is 1. The first-order valence-corrected chi connectivity index (χ1v) is 13.6. The lowest BCUT2D eigenvalue weighted by molar-refractivity contribution is -0.112. The molecule has 0 spiro atoms. The van der Waals surface area contributed by atoms with Crippen LogP contribution < -0.4 is 10.2 Å². The summed E-state index contributed by atoms with van der Waals surface area (Å²) < 4.78 is 31.5. The lowest BCUT2D eigenvalue weighted by Crippen LogP contribution is -2.24. The van der Waals surface area contributed by atoms with Gasteiger partial charge in [-0.2, -0.15) is 8.42 Å². The average molecular weight is 522 g/mol. The van der Waals surface area contributed by atoms with Gasteiger partial charge in [0.25, 0.3) is 15.9 Å². The summed E-state index contributed by atoms with van der Waals surface area (Å²) >= 11 is 0. The number of anilines is 2. The fourth-order valence-corrected chi connectivity index (χ4v) is 5.37. The normalized spacial score (nSPS) is 14.9. The summed E-state index contributed by atoms with van der Waals surface area (Å²) in [5.74, 6) is -0.176. The Kier molecular flexibility index (Phi) is 6.70. The van der Waals surface area contributed by atoms with Gasteiger partial charge in [-0.1, -0.05) is 83.9 Å². The fraction of sp³-hybridized carbons (Fsp3) is 0.0968. The molecular weight excluding hydrogens is 494 g/mol. The quantitative estimate of drug-likeness (QED) is 0.196. The van der Waals surface area contributed by atoms with Crippen LogP contribution in [0.1, 0.15) is 22.3 Å². The minimum atomic E-state index is -4.13. The SMILES string of the molecule is Cc1ccc(NC(=N\S(=O)(=O)c2ccc(C)cc2)/C(=C2\C(=O)N(C)c3ccccc32)c2ccccc2)cc1. The maximum absolute atomic E-state index is 13.7. The van der Waals surface area contributed by atoms with E-state index >= 15 is 0 Å². The number of likely N-dealkylation sites (N-methyl/N-ethyl adjacent to an activating group) is 1. The van der Waals surface area contributed by atoms with Gasteiger partial charge in [0.05, 0.1) is 16.2 Å². The zero-order valence-corrected chi connectivity index (χ0v) is 22.2. The maximum atomic E-state index is 13.7. The predicted molar refractivity (Wildman–Crippen MR) is 154 cm³/mol. The third-order valence-corrected chi connectivity index (χ3v) is 7.74. The molecule has 0 saturated carbocycles. The summed E-state index contributed by atoms with van der Waals surface area (Å²) in [5.41, 5.74) is 5.56. The van der Waals surface area contributed by atoms with Gasteiger partial charge in [-0.05, 0) is 49.7 Å². The van der Waals surface area contributed by atoms with Crippen molar-refractivity contribution < 1.29 is 13.2 Å². The number of nitrogens with zero attached hydrogens (tertiary/aromatic N) is 2. The van der Waals surface area contributed by atoms with E-state index in [0.717, 1.165) is 16.8 Å². The monoisotopic (exact) mass is 521 g/mol. The van der Waals surface area contributed by atoms with E-state index in [-0.39, 0.29) is 16.6 Å². The summed E-state index contributed by atoms with van der Waals surface area (Å²) in [6.07, 6.45) is 0. The number of nitrogens with one attached hydrogen (secondary N) is 1. The van der Waals surface area contributed by atoms with Crippen molar-refractivity contribution in [2.24, 2.45) is 4.40 Å². The van der Waals surface area contributed by atoms with E-state index in [1.165, 1.54) is 12.1 Å². The second kappa shape index (κ2) is 10.1. The summed E-state index contributed by atoms with van der Waals surface area (Å²) in [6.45, 7) is 3.86. The Morgan fingerprint density at radius 1 is 0.763 bits per heavy atom. The van der Waals surface area contributed by atoms with Crippen molar-refractivity contribution in [1.82, 2.24) is 0 Å². The molecule has 4 aromatic carbocycles. The van der Waals surface area contributed by atoms with Gasteiger partial charge >= 0.3 is 0 Å². The van der Waals surface area contributed by atoms with E-state index in [2.05, 4.69) is 9.71 Å². The van der Waals surface area contributed by atoms with E-state index in [9.17, 15) is 13.2 Å². The minimum absolute atomic E-state index is 0.0640. The van der Waals surface area contributed by atoms with Crippen LogP contribution in [0.4, 0.5) is 11.4 Å². The first-order valence-electron chi connectivity index (χ1n) is 12.2. The Hall–Kier alpha value is -4.49. The Bertz CT molecular complexity index is 1670. The Morgan fingerprint density at radius 3 is 2.00 bits per heavy atom. The number of para-hydroxylation sites is 1. The van der Waals surface area contributed by atoms with Gasteiger partial charge in [0.15, 0.2) is 5.84 Å². The van der Waals surface area contributed by atoms with E-state index in [1.54, 1.807) is 24.1 Å². The van der Waals surface area contributed by atoms with Crippen LogP contribution in [0, 0.1) is 13.8 Å². The molecule has 38 heavy (non-hydrogen) atoms. The summed E-state index contributed by atoms with van der Waals surface area (Å²) in [5, 5.41) is 3.23. The van der Waals surface area contributed by atoms with Crippen molar-refractivity contribution in [3.8, 4) is 0 Å². The highest BCUT2D eigenvalue weighted by atomic mass is 32.2. The third kappa shape index (κ3) is 4.88. The smallest absolute Gasteiger partial charge is 0.284 e. The zero-order valence-electron chi connectivity index (χ0n) is 21.3. The van der Waals surface area contributed by atoms with Crippen LogP contribution in [0.5, 0.6) is 0 Å². The van der Waals surface area contributed by atoms with Crippen LogP contribution in [-0.2, 0) is 14.8 Å². The highest BCUT2D eigenvalue weighted by Gasteiger charge is 2.34. The summed E-state index contributed by atoms with van der Waals surface area (Å²) in [7, 11) is -2.42. The van der Waals surface area contributed by atoms with Gasteiger partial charge in [0.1, 0.15) is 0 Å². The second-order valence-electron chi connectivity index (χ2n) is 9.22. The lowest BCUT2D eigenvalue weighted by atomic mass is 9.94. The highest BCUT2D eigenvalue weighted by Crippen LogP contribution is 2.40. The number of sulfonamides is 1. The van der Waals surface area contributed by atoms with Crippen LogP contribution in [0.3, 0.4) is 0 Å². The van der Waals surface area contributed by atoms with Crippen LogP contribution in [0.15, 0.2) is 112 Å². The number of carbonyl (C=O) groups is 1. The van der Waals surface area contributed by atoms with E-state index in [0.29, 0.717) is 28.0 Å². The minimum Gasteiger partial charge on any atom is -0.339 e. The van der Waals surface area contributed by atoms with Gasteiger partial charge < -0.3 is 10.2 Å². The third-order valence-electron chi connectivity index (χ3n) is 6.45. The molecule has 5 rings (SSSR count). The zero-order chi connectivity index (χ0) is 26.9. The Morgan fingerprint density at radius 2 is 1.34 bits per heavy atom. The number of rotatable bonds is 5. The predicted octanol–water partition coefficient (Wildman–Crippen LogP) is 6.09. The topological polar surface area (TPSA) is 78.8 Å². The van der Waals surface area contributed by atoms with Crippen molar-refractivity contribution in [2.45, 2.75) is 18.7 Å². The van der Waals surface area contributed by atoms with E-state index < -0.39 is 10.0 Å². The largest absolute Gasteiger partial charge is 0.339 e. The molecule has 4 aromatic rings. The maximum Gasteiger partial charge on any atom is 0.284 e. The second-order valence-corrected chi connectivity index (χ2v) is 10.8. The van der Waals surface area contributed by atoms with Crippen molar-refractivity contribution in [3.63, 3.8) is 0 Å². The molecule has 7 heteroatoms. The molecule has 1 N–H and O–H groups in total. The number of benzene rings is 4. The number of fused-ring (bicyclic) bond motifs is 1. The molecule has 1 aliphatic heterocycles. The molecule has 190 valence electrons. The summed E-state index contributed by atoms with van der Waals surface area (Å²) in [6, 6.07) is 30.8. The van der Waals surface area contributed by atoms with Crippen LogP contribution in [0.25, 0.3) is 11.1 Å². The first-order chi connectivity index (χ1) is 18.2. The lowest BCUT2D eigenvalue weighted by Gasteiger charge is -2.17. The molecule has 1 aliphatic rings. The number of hydrogen-bond donors (Lipinski definition) is 1. The molecule has 6 nitrogen and oxygen atoms in total. The molecule has 0 aromatic heterocycles. The van der Waals surface area contributed by atoms with Gasteiger partial charge in [0, 0.05) is 23.9 Å². The molecule has 0 bridgehead atoms. The van der Waals surface area contributed by atoms with Gasteiger partial charge in [0.2, 0.25) is 0 Å². The number of hydrogen-bond acceptors (Lipinski definition) is 3. The molecule has 0 fully saturated rings. The van der Waals surface area contributed by atoms with Crippen molar-refractivity contribution in [1.29, 1.82) is 0 Å². The standard InChI is InChI=1S/C31H27N3O3S/c1-21-13-17-24(18-14-21)32-30(33-38(36,37)25-19-15-22(2)16-20-25)28(23-9-5-4-6-10-23)29-26-11-7-8-12-27(26)34(3)31(29)35/h4-20H,1-3H3,(H,32,33)/b29-28-. The average Bonchev–Trinajstić information content (AvgIpc) is 3.16. The molecule has 1 amide bonds. The van der Waals surface area contributed by atoms with Crippen LogP contribution in [-0.4, -0.2) is 27.2 Å². The highest BCUT2D eigenvalue weighted by molar-refractivity contribution is 7.90. The fourth-order valence-electron chi connectivity index (χ4n) is 4.40. The van der Waals surface area contributed by atoms with Gasteiger partial charge in [-0.15, -0.1) is 4.40 Å².